The van der Waals surface area contributed by atoms with Crippen molar-refractivity contribution >= 4 is 28.1 Å². The first-order valence-electron chi connectivity index (χ1n) is 8.73. The van der Waals surface area contributed by atoms with Crippen LogP contribution < -0.4 is 4.90 Å². The minimum Gasteiger partial charge on any atom is -0.385 e. The number of halogens is 1. The minimum atomic E-state index is -0.869. The molecule has 0 unspecified atom stereocenters. The molecule has 2 heterocycles. The van der Waals surface area contributed by atoms with E-state index < -0.39 is 5.60 Å². The zero-order valence-corrected chi connectivity index (χ0v) is 15.9. The molecule has 4 rings (SSSR count). The highest BCUT2D eigenvalue weighted by atomic mass is 35.5. The van der Waals surface area contributed by atoms with Crippen LogP contribution in [0, 0.1) is 0 Å². The van der Waals surface area contributed by atoms with Crippen molar-refractivity contribution in [2.24, 2.45) is 0 Å². The summed E-state index contributed by atoms with van der Waals surface area (Å²) < 4.78 is 0. The molecular weight excluding hydrogens is 366 g/mol. The molecule has 1 N–H and O–H groups in total. The second-order valence-electron chi connectivity index (χ2n) is 6.64. The summed E-state index contributed by atoms with van der Waals surface area (Å²) in [6, 6.07) is 17.9. The molecule has 0 radical (unpaired) electrons. The molecule has 134 valence electrons. The maximum absolute atomic E-state index is 11.0. The number of nitrogens with zero attached hydrogens (tertiary/aromatic N) is 3. The van der Waals surface area contributed by atoms with Crippen molar-refractivity contribution in [2.75, 3.05) is 18.0 Å². The number of anilines is 1. The SMILES string of the molecule is OC1(c2ccccc2Cl)CCN(c2nnc(Cc3ccccc3)s2)CC1. The Hall–Kier alpha value is -1.95. The molecule has 4 nitrogen and oxygen atoms in total. The molecule has 6 heteroatoms. The maximum atomic E-state index is 11.0. The monoisotopic (exact) mass is 385 g/mol. The quantitative estimate of drug-likeness (QED) is 0.728. The Balaban J connectivity index is 1.43. The molecular formula is C20H20ClN3OS. The van der Waals surface area contributed by atoms with Crippen molar-refractivity contribution in [2.45, 2.75) is 24.9 Å². The summed E-state index contributed by atoms with van der Waals surface area (Å²) in [5, 5.41) is 22.3. The fourth-order valence-corrected chi connectivity index (χ4v) is 4.63. The highest BCUT2D eigenvalue weighted by Gasteiger charge is 2.36. The lowest BCUT2D eigenvalue weighted by Gasteiger charge is -2.38. The van der Waals surface area contributed by atoms with E-state index in [1.54, 1.807) is 11.3 Å². The normalized spacial score (nSPS) is 16.6. The number of aromatic nitrogens is 2. The van der Waals surface area contributed by atoms with E-state index in [1.807, 2.05) is 42.5 Å². The molecule has 0 spiro atoms. The first-order valence-corrected chi connectivity index (χ1v) is 9.92. The van der Waals surface area contributed by atoms with E-state index in [1.165, 1.54) is 5.56 Å². The van der Waals surface area contributed by atoms with Gasteiger partial charge in [0.25, 0.3) is 0 Å². The van der Waals surface area contributed by atoms with E-state index in [0.717, 1.165) is 35.2 Å². The Kier molecular flexibility index (Phi) is 4.94. The van der Waals surface area contributed by atoms with Gasteiger partial charge in [-0.15, -0.1) is 10.2 Å². The highest BCUT2D eigenvalue weighted by molar-refractivity contribution is 7.15. The number of hydrogen-bond acceptors (Lipinski definition) is 5. The summed E-state index contributed by atoms with van der Waals surface area (Å²) in [4.78, 5) is 2.21. The van der Waals surface area contributed by atoms with Crippen molar-refractivity contribution in [1.29, 1.82) is 0 Å². The minimum absolute atomic E-state index is 0.629. The lowest BCUT2D eigenvalue weighted by Crippen LogP contribution is -2.42. The molecule has 1 fully saturated rings. The lowest BCUT2D eigenvalue weighted by atomic mass is 9.84. The first-order chi connectivity index (χ1) is 12.6. The van der Waals surface area contributed by atoms with Crippen molar-refractivity contribution in [3.63, 3.8) is 0 Å². The zero-order valence-electron chi connectivity index (χ0n) is 14.3. The van der Waals surface area contributed by atoms with Crippen molar-refractivity contribution in [3.8, 4) is 0 Å². The molecule has 1 saturated heterocycles. The van der Waals surface area contributed by atoms with E-state index in [9.17, 15) is 5.11 Å². The van der Waals surface area contributed by atoms with Gasteiger partial charge in [0.15, 0.2) is 0 Å². The van der Waals surface area contributed by atoms with Crippen LogP contribution in [0.25, 0.3) is 0 Å². The van der Waals surface area contributed by atoms with Crippen molar-refractivity contribution in [1.82, 2.24) is 10.2 Å². The van der Waals surface area contributed by atoms with Gasteiger partial charge in [-0.05, 0) is 24.5 Å². The third-order valence-corrected chi connectivity index (χ3v) is 6.20. The number of piperidine rings is 1. The van der Waals surface area contributed by atoms with Crippen LogP contribution in [0.5, 0.6) is 0 Å². The lowest BCUT2D eigenvalue weighted by molar-refractivity contribution is 0.0118. The van der Waals surface area contributed by atoms with Crippen LogP contribution in [-0.2, 0) is 12.0 Å². The van der Waals surface area contributed by atoms with Crippen LogP contribution in [0.4, 0.5) is 5.13 Å². The molecule has 0 atom stereocenters. The third kappa shape index (κ3) is 3.61. The van der Waals surface area contributed by atoms with Gasteiger partial charge < -0.3 is 10.0 Å². The fraction of sp³-hybridized carbons (Fsp3) is 0.300. The average molecular weight is 386 g/mol. The summed E-state index contributed by atoms with van der Waals surface area (Å²) in [6.07, 6.45) is 2.06. The topological polar surface area (TPSA) is 49.2 Å². The van der Waals surface area contributed by atoms with Crippen LogP contribution in [-0.4, -0.2) is 28.4 Å². The summed E-state index contributed by atoms with van der Waals surface area (Å²) in [7, 11) is 0. The number of benzene rings is 2. The highest BCUT2D eigenvalue weighted by Crippen LogP contribution is 2.38. The Morgan fingerprint density at radius 2 is 1.69 bits per heavy atom. The van der Waals surface area contributed by atoms with Crippen molar-refractivity contribution < 1.29 is 5.11 Å². The second kappa shape index (κ2) is 7.35. The molecule has 1 aliphatic heterocycles. The molecule has 0 amide bonds. The predicted octanol–water partition coefficient (Wildman–Crippen LogP) is 4.27. The van der Waals surface area contributed by atoms with E-state index in [0.29, 0.717) is 17.9 Å². The van der Waals surface area contributed by atoms with Crippen LogP contribution >= 0.6 is 22.9 Å². The Labute approximate surface area is 162 Å². The predicted molar refractivity (Wildman–Crippen MR) is 106 cm³/mol. The number of aliphatic hydroxyl groups is 1. The van der Waals surface area contributed by atoms with Gasteiger partial charge in [0, 0.05) is 30.1 Å². The van der Waals surface area contributed by atoms with Crippen LogP contribution in [0.15, 0.2) is 54.6 Å². The average Bonchev–Trinajstić information content (AvgIpc) is 3.12. The summed E-state index contributed by atoms with van der Waals surface area (Å²) >= 11 is 7.92. The van der Waals surface area contributed by atoms with Gasteiger partial charge in [0.2, 0.25) is 5.13 Å². The molecule has 3 aromatic rings. The summed E-state index contributed by atoms with van der Waals surface area (Å²) in [5.41, 5.74) is 1.19. The van der Waals surface area contributed by atoms with E-state index in [2.05, 4.69) is 27.2 Å². The third-order valence-electron chi connectivity index (χ3n) is 4.89. The standard InChI is InChI=1S/C20H20ClN3OS/c21-17-9-5-4-8-16(17)20(25)10-12-24(13-11-20)19-23-22-18(26-19)14-15-6-2-1-3-7-15/h1-9,25H,10-14H2. The number of hydrogen-bond donors (Lipinski definition) is 1. The zero-order chi connectivity index (χ0) is 18.0. The second-order valence-corrected chi connectivity index (χ2v) is 8.09. The molecule has 1 aromatic heterocycles. The van der Waals surface area contributed by atoms with Gasteiger partial charge in [0.1, 0.15) is 5.01 Å². The molecule has 0 saturated carbocycles. The molecule has 1 aliphatic rings. The largest absolute Gasteiger partial charge is 0.385 e. The Morgan fingerprint density at radius 1 is 1.00 bits per heavy atom. The molecule has 26 heavy (non-hydrogen) atoms. The maximum Gasteiger partial charge on any atom is 0.208 e. The number of rotatable bonds is 4. The van der Waals surface area contributed by atoms with Crippen LogP contribution in [0.3, 0.4) is 0 Å². The molecule has 2 aromatic carbocycles. The summed E-state index contributed by atoms with van der Waals surface area (Å²) in [6.45, 7) is 1.48. The molecule has 0 bridgehead atoms. The van der Waals surface area contributed by atoms with E-state index in [-0.39, 0.29) is 0 Å². The van der Waals surface area contributed by atoms with Gasteiger partial charge in [-0.1, -0.05) is 71.5 Å². The van der Waals surface area contributed by atoms with Crippen LogP contribution in [0.2, 0.25) is 5.02 Å². The van der Waals surface area contributed by atoms with Gasteiger partial charge >= 0.3 is 0 Å². The van der Waals surface area contributed by atoms with Gasteiger partial charge in [0.05, 0.1) is 5.60 Å². The Morgan fingerprint density at radius 3 is 2.42 bits per heavy atom. The molecule has 0 aliphatic carbocycles. The van der Waals surface area contributed by atoms with E-state index in [4.69, 9.17) is 11.6 Å². The van der Waals surface area contributed by atoms with E-state index >= 15 is 0 Å². The van der Waals surface area contributed by atoms with Gasteiger partial charge in [-0.2, -0.15) is 0 Å². The van der Waals surface area contributed by atoms with Crippen LogP contribution in [0.1, 0.15) is 29.0 Å². The van der Waals surface area contributed by atoms with Gasteiger partial charge in [-0.3, -0.25) is 0 Å². The first kappa shape index (κ1) is 17.5. The Bertz CT molecular complexity index is 876. The van der Waals surface area contributed by atoms with Gasteiger partial charge in [-0.25, -0.2) is 0 Å². The van der Waals surface area contributed by atoms with Crippen molar-refractivity contribution in [3.05, 3.63) is 75.8 Å². The summed E-state index contributed by atoms with van der Waals surface area (Å²) in [5.74, 6) is 0. The fourth-order valence-electron chi connectivity index (χ4n) is 3.39. The smallest absolute Gasteiger partial charge is 0.208 e.